The molecule has 96 valence electrons. The van der Waals surface area contributed by atoms with Gasteiger partial charge in [0.1, 0.15) is 6.04 Å². The summed E-state index contributed by atoms with van der Waals surface area (Å²) in [5.41, 5.74) is 0.887. The molecule has 0 spiro atoms. The lowest BCUT2D eigenvalue weighted by Gasteiger charge is -2.31. The smallest absolute Gasteiger partial charge is 0.408 e. The minimum Gasteiger partial charge on any atom is -0.465 e. The van der Waals surface area contributed by atoms with Crippen LogP contribution in [0.2, 0.25) is 0 Å². The number of carbonyl (C=O) groups is 2. The normalized spacial score (nSPS) is 19.1. The van der Waals surface area contributed by atoms with Crippen LogP contribution >= 0.6 is 0 Å². The second kappa shape index (κ2) is 5.53. The largest absolute Gasteiger partial charge is 0.465 e. The molecule has 5 nitrogen and oxygen atoms in total. The molecule has 0 radical (unpaired) electrons. The van der Waals surface area contributed by atoms with Crippen molar-refractivity contribution < 1.29 is 14.7 Å². The Labute approximate surface area is 105 Å². The van der Waals surface area contributed by atoms with Crippen LogP contribution in [-0.2, 0) is 11.3 Å². The minimum absolute atomic E-state index is 0.195. The van der Waals surface area contributed by atoms with E-state index < -0.39 is 12.1 Å². The number of rotatable bonds is 3. The summed E-state index contributed by atoms with van der Waals surface area (Å²) in [6.45, 7) is 0.877. The number of nitrogens with zero attached hydrogens (tertiary/aromatic N) is 1. The Morgan fingerprint density at radius 3 is 2.72 bits per heavy atom. The molecule has 0 aliphatic carbocycles. The van der Waals surface area contributed by atoms with Gasteiger partial charge in [-0.2, -0.15) is 0 Å². The predicted octanol–water partition coefficient (Wildman–Crippen LogP) is 1.45. The topological polar surface area (TPSA) is 69.6 Å². The Morgan fingerprint density at radius 2 is 2.11 bits per heavy atom. The summed E-state index contributed by atoms with van der Waals surface area (Å²) in [6, 6.07) is 8.73. The number of carboxylic acid groups (broad SMARTS) is 1. The van der Waals surface area contributed by atoms with Gasteiger partial charge >= 0.3 is 6.09 Å². The molecule has 1 heterocycles. The highest BCUT2D eigenvalue weighted by Crippen LogP contribution is 2.15. The Balaban J connectivity index is 2.13. The third kappa shape index (κ3) is 2.80. The van der Waals surface area contributed by atoms with E-state index in [-0.39, 0.29) is 12.5 Å². The first-order valence-electron chi connectivity index (χ1n) is 5.99. The van der Waals surface area contributed by atoms with Gasteiger partial charge in [0, 0.05) is 13.1 Å². The maximum atomic E-state index is 11.7. The second-order valence-electron chi connectivity index (χ2n) is 4.35. The minimum atomic E-state index is -1.05. The summed E-state index contributed by atoms with van der Waals surface area (Å²) < 4.78 is 0. The van der Waals surface area contributed by atoms with Crippen molar-refractivity contribution in [2.45, 2.75) is 25.4 Å². The van der Waals surface area contributed by atoms with Crippen LogP contribution in [0, 0.1) is 0 Å². The molecule has 1 aliphatic heterocycles. The van der Waals surface area contributed by atoms with Crippen molar-refractivity contribution in [2.24, 2.45) is 0 Å². The fourth-order valence-electron chi connectivity index (χ4n) is 2.14. The molecule has 1 atom stereocenters. The lowest BCUT2D eigenvalue weighted by molar-refractivity contribution is -0.127. The van der Waals surface area contributed by atoms with E-state index in [4.69, 9.17) is 0 Å². The molecule has 0 aromatic heterocycles. The van der Waals surface area contributed by atoms with Crippen LogP contribution in [0.25, 0.3) is 0 Å². The Hall–Kier alpha value is -2.04. The van der Waals surface area contributed by atoms with Crippen LogP contribution in [0.15, 0.2) is 30.3 Å². The molecule has 18 heavy (non-hydrogen) atoms. The number of nitrogens with one attached hydrogen (secondary N) is 1. The first-order chi connectivity index (χ1) is 8.68. The first kappa shape index (κ1) is 12.4. The Morgan fingerprint density at radius 1 is 1.39 bits per heavy atom. The van der Waals surface area contributed by atoms with E-state index in [1.54, 1.807) is 0 Å². The summed E-state index contributed by atoms with van der Waals surface area (Å²) in [7, 11) is 0. The fraction of sp³-hybridized carbons (Fsp3) is 0.385. The number of carbonyl (C=O) groups excluding carboxylic acids is 1. The molecule has 1 aliphatic rings. The van der Waals surface area contributed by atoms with Crippen molar-refractivity contribution in [1.29, 1.82) is 0 Å². The lowest BCUT2D eigenvalue weighted by atomic mass is 10.0. The summed E-state index contributed by atoms with van der Waals surface area (Å²) in [6.07, 6.45) is 0.348. The average Bonchev–Trinajstić information content (AvgIpc) is 2.38. The maximum Gasteiger partial charge on any atom is 0.408 e. The SMILES string of the molecule is O=C1NCCC[C@@H]1N(Cc1ccccc1)C(=O)O. The van der Waals surface area contributed by atoms with Crippen LogP contribution in [-0.4, -0.2) is 34.6 Å². The Bertz CT molecular complexity index is 433. The molecule has 0 bridgehead atoms. The standard InChI is InChI=1S/C13H16N2O3/c16-12-11(7-4-8-14-12)15(13(17)18)9-10-5-2-1-3-6-10/h1-3,5-6,11H,4,7-9H2,(H,14,16)(H,17,18)/t11-/m0/s1. The van der Waals surface area contributed by atoms with Crippen LogP contribution in [0.4, 0.5) is 4.79 Å². The highest BCUT2D eigenvalue weighted by atomic mass is 16.4. The molecule has 1 aromatic rings. The van der Waals surface area contributed by atoms with Gasteiger partial charge in [0.2, 0.25) is 5.91 Å². The van der Waals surface area contributed by atoms with Gasteiger partial charge in [-0.25, -0.2) is 4.79 Å². The van der Waals surface area contributed by atoms with Crippen LogP contribution in [0.3, 0.4) is 0 Å². The van der Waals surface area contributed by atoms with Gasteiger partial charge in [-0.05, 0) is 18.4 Å². The molecule has 2 amide bonds. The molecule has 0 saturated carbocycles. The van der Waals surface area contributed by atoms with E-state index in [0.29, 0.717) is 13.0 Å². The maximum absolute atomic E-state index is 11.7. The molecular weight excluding hydrogens is 232 g/mol. The Kier molecular flexibility index (Phi) is 3.82. The molecule has 0 unspecified atom stereocenters. The number of hydrogen-bond acceptors (Lipinski definition) is 2. The zero-order valence-electron chi connectivity index (χ0n) is 10.0. The zero-order valence-corrected chi connectivity index (χ0v) is 10.0. The first-order valence-corrected chi connectivity index (χ1v) is 5.99. The third-order valence-electron chi connectivity index (χ3n) is 3.07. The van der Waals surface area contributed by atoms with Crippen molar-refractivity contribution >= 4 is 12.0 Å². The molecule has 5 heteroatoms. The summed E-state index contributed by atoms with van der Waals surface area (Å²) >= 11 is 0. The van der Waals surface area contributed by atoms with Gasteiger partial charge in [-0.15, -0.1) is 0 Å². The molecule has 1 fully saturated rings. The van der Waals surface area contributed by atoms with E-state index in [1.807, 2.05) is 30.3 Å². The lowest BCUT2D eigenvalue weighted by Crippen LogP contribution is -2.51. The van der Waals surface area contributed by atoms with Gasteiger partial charge in [-0.3, -0.25) is 9.69 Å². The number of hydrogen-bond donors (Lipinski definition) is 2. The molecule has 2 rings (SSSR count). The quantitative estimate of drug-likeness (QED) is 0.850. The van der Waals surface area contributed by atoms with Crippen molar-refractivity contribution in [3.05, 3.63) is 35.9 Å². The second-order valence-corrected chi connectivity index (χ2v) is 4.35. The van der Waals surface area contributed by atoms with Crippen LogP contribution in [0.5, 0.6) is 0 Å². The van der Waals surface area contributed by atoms with Crippen LogP contribution in [0.1, 0.15) is 18.4 Å². The average molecular weight is 248 g/mol. The van der Waals surface area contributed by atoms with E-state index in [0.717, 1.165) is 12.0 Å². The monoisotopic (exact) mass is 248 g/mol. The van der Waals surface area contributed by atoms with Crippen molar-refractivity contribution in [1.82, 2.24) is 10.2 Å². The summed E-state index contributed by atoms with van der Waals surface area (Å²) in [5.74, 6) is -0.195. The highest BCUT2D eigenvalue weighted by Gasteiger charge is 2.31. The molecule has 2 N–H and O–H groups in total. The highest BCUT2D eigenvalue weighted by molar-refractivity contribution is 5.85. The van der Waals surface area contributed by atoms with Crippen LogP contribution < -0.4 is 5.32 Å². The third-order valence-corrected chi connectivity index (χ3v) is 3.07. The fourth-order valence-corrected chi connectivity index (χ4v) is 2.14. The molecule has 1 saturated heterocycles. The molecule has 1 aromatic carbocycles. The summed E-state index contributed by atoms with van der Waals surface area (Å²) in [5, 5.41) is 12.0. The van der Waals surface area contributed by atoms with Gasteiger partial charge in [0.15, 0.2) is 0 Å². The van der Waals surface area contributed by atoms with E-state index in [2.05, 4.69) is 5.32 Å². The number of amides is 2. The summed E-state index contributed by atoms with van der Waals surface area (Å²) in [4.78, 5) is 24.2. The van der Waals surface area contributed by atoms with E-state index in [1.165, 1.54) is 4.90 Å². The number of piperidine rings is 1. The van der Waals surface area contributed by atoms with Gasteiger partial charge in [0.05, 0.1) is 0 Å². The van der Waals surface area contributed by atoms with Crippen molar-refractivity contribution in [3.8, 4) is 0 Å². The van der Waals surface area contributed by atoms with E-state index >= 15 is 0 Å². The number of benzene rings is 1. The van der Waals surface area contributed by atoms with Gasteiger partial charge in [-0.1, -0.05) is 30.3 Å². The zero-order chi connectivity index (χ0) is 13.0. The van der Waals surface area contributed by atoms with Gasteiger partial charge < -0.3 is 10.4 Å². The molecular formula is C13H16N2O3. The van der Waals surface area contributed by atoms with Gasteiger partial charge in [0.25, 0.3) is 0 Å². The predicted molar refractivity (Wildman–Crippen MR) is 66.0 cm³/mol. The van der Waals surface area contributed by atoms with Crippen molar-refractivity contribution in [3.63, 3.8) is 0 Å². The van der Waals surface area contributed by atoms with E-state index in [9.17, 15) is 14.7 Å². The van der Waals surface area contributed by atoms with Crippen molar-refractivity contribution in [2.75, 3.05) is 6.54 Å².